The predicted molar refractivity (Wildman–Crippen MR) is 93.6 cm³/mol. The topological polar surface area (TPSA) is 73.3 Å². The number of nitrogens with one attached hydrogen (secondary N) is 1. The molecule has 1 fully saturated rings. The summed E-state index contributed by atoms with van der Waals surface area (Å²) in [5.74, 6) is 1.66. The average Bonchev–Trinajstić information content (AvgIpc) is 3.43. The van der Waals surface area contributed by atoms with Gasteiger partial charge in [-0.05, 0) is 44.2 Å². The zero-order valence-corrected chi connectivity index (χ0v) is 14.6. The Morgan fingerprint density at radius 2 is 1.92 bits per heavy atom. The molecule has 1 aliphatic rings. The molecule has 2 heterocycles. The molecule has 0 aliphatic heterocycles. The van der Waals surface area contributed by atoms with Gasteiger partial charge in [-0.3, -0.25) is 4.79 Å². The lowest BCUT2D eigenvalue weighted by Gasteiger charge is -2.09. The van der Waals surface area contributed by atoms with E-state index in [0.29, 0.717) is 29.8 Å². The Morgan fingerprint density at radius 1 is 1.16 bits per heavy atom. The van der Waals surface area contributed by atoms with Crippen molar-refractivity contribution in [3.63, 3.8) is 0 Å². The Bertz CT molecular complexity index is 695. The summed E-state index contributed by atoms with van der Waals surface area (Å²) < 4.78 is 11.1. The number of aromatic nitrogens is 2. The summed E-state index contributed by atoms with van der Waals surface area (Å²) >= 11 is 0. The van der Waals surface area contributed by atoms with Crippen molar-refractivity contribution in [3.8, 4) is 11.8 Å². The Labute approximate surface area is 147 Å². The van der Waals surface area contributed by atoms with Crippen LogP contribution in [0.1, 0.15) is 42.6 Å². The molecule has 1 saturated carbocycles. The smallest absolute Gasteiger partial charge is 0.253 e. The third-order valence-corrected chi connectivity index (χ3v) is 3.77. The van der Waals surface area contributed by atoms with Gasteiger partial charge in [-0.25, -0.2) is 9.97 Å². The lowest BCUT2D eigenvalue weighted by molar-refractivity contribution is 0.0950. The minimum absolute atomic E-state index is 0.0518. The van der Waals surface area contributed by atoms with E-state index in [1.54, 1.807) is 18.3 Å². The van der Waals surface area contributed by atoms with E-state index in [0.717, 1.165) is 12.2 Å². The van der Waals surface area contributed by atoms with Gasteiger partial charge in [0.25, 0.3) is 5.91 Å². The van der Waals surface area contributed by atoms with Crippen LogP contribution in [0.25, 0.3) is 0 Å². The SMILES string of the molecule is CC(C)Oc1ccc(C(=O)NCc2ccc(OCC3CC3)nc2)cn1. The van der Waals surface area contributed by atoms with Crippen LogP contribution in [0.15, 0.2) is 36.7 Å². The van der Waals surface area contributed by atoms with Crippen molar-refractivity contribution >= 4 is 5.91 Å². The molecule has 0 saturated heterocycles. The number of hydrogen-bond donors (Lipinski definition) is 1. The number of carbonyl (C=O) groups is 1. The summed E-state index contributed by atoms with van der Waals surface area (Å²) in [6.07, 6.45) is 5.80. The number of amides is 1. The molecule has 0 unspecified atom stereocenters. The first kappa shape index (κ1) is 17.2. The first-order valence-electron chi connectivity index (χ1n) is 8.59. The second-order valence-corrected chi connectivity index (χ2v) is 6.49. The normalized spacial score (nSPS) is 13.6. The number of ether oxygens (including phenoxy) is 2. The molecule has 0 radical (unpaired) electrons. The number of hydrogen-bond acceptors (Lipinski definition) is 5. The van der Waals surface area contributed by atoms with Gasteiger partial charge in [-0.15, -0.1) is 0 Å². The van der Waals surface area contributed by atoms with Crippen LogP contribution in [-0.4, -0.2) is 28.6 Å². The molecule has 0 atom stereocenters. The largest absolute Gasteiger partial charge is 0.477 e. The van der Waals surface area contributed by atoms with Gasteiger partial charge in [0.1, 0.15) is 0 Å². The predicted octanol–water partition coefficient (Wildman–Crippen LogP) is 2.98. The highest BCUT2D eigenvalue weighted by Gasteiger charge is 2.22. The molecule has 6 heteroatoms. The van der Waals surface area contributed by atoms with Crippen LogP contribution in [0, 0.1) is 5.92 Å². The fraction of sp³-hybridized carbons (Fsp3) is 0.421. The van der Waals surface area contributed by atoms with Gasteiger partial charge in [0, 0.05) is 31.1 Å². The van der Waals surface area contributed by atoms with Crippen molar-refractivity contribution in [2.75, 3.05) is 6.61 Å². The average molecular weight is 341 g/mol. The van der Waals surface area contributed by atoms with Crippen LogP contribution in [0.3, 0.4) is 0 Å². The molecular formula is C19H23N3O3. The summed E-state index contributed by atoms with van der Waals surface area (Å²) in [4.78, 5) is 20.6. The van der Waals surface area contributed by atoms with Crippen LogP contribution < -0.4 is 14.8 Å². The maximum absolute atomic E-state index is 12.2. The first-order chi connectivity index (χ1) is 12.1. The zero-order chi connectivity index (χ0) is 17.6. The minimum Gasteiger partial charge on any atom is -0.477 e. The van der Waals surface area contributed by atoms with Crippen LogP contribution in [0.2, 0.25) is 0 Å². The van der Waals surface area contributed by atoms with Crippen molar-refractivity contribution in [2.24, 2.45) is 5.92 Å². The van der Waals surface area contributed by atoms with Gasteiger partial charge in [0.05, 0.1) is 18.3 Å². The van der Waals surface area contributed by atoms with Gasteiger partial charge < -0.3 is 14.8 Å². The maximum atomic E-state index is 12.2. The minimum atomic E-state index is -0.183. The van der Waals surface area contributed by atoms with Crippen molar-refractivity contribution < 1.29 is 14.3 Å². The molecule has 1 amide bonds. The highest BCUT2D eigenvalue weighted by atomic mass is 16.5. The second-order valence-electron chi connectivity index (χ2n) is 6.49. The monoisotopic (exact) mass is 341 g/mol. The molecule has 25 heavy (non-hydrogen) atoms. The summed E-state index contributed by atoms with van der Waals surface area (Å²) in [6.45, 7) is 5.00. The summed E-state index contributed by atoms with van der Waals surface area (Å²) in [5.41, 5.74) is 1.41. The van der Waals surface area contributed by atoms with E-state index in [4.69, 9.17) is 9.47 Å². The zero-order valence-electron chi connectivity index (χ0n) is 14.6. The molecule has 6 nitrogen and oxygen atoms in total. The number of nitrogens with zero attached hydrogens (tertiary/aromatic N) is 2. The van der Waals surface area contributed by atoms with Crippen LogP contribution in [-0.2, 0) is 6.54 Å². The molecule has 132 valence electrons. The number of rotatable bonds is 8. The van der Waals surface area contributed by atoms with E-state index in [1.807, 2.05) is 26.0 Å². The number of pyridine rings is 2. The standard InChI is InChI=1S/C19H23N3O3/c1-13(2)25-18-8-6-16(11-21-18)19(23)22-10-15-5-7-17(20-9-15)24-12-14-3-4-14/h5-9,11,13-14H,3-4,10,12H2,1-2H3,(H,22,23). The molecule has 2 aromatic rings. The van der Waals surface area contributed by atoms with Crippen molar-refractivity contribution in [3.05, 3.63) is 47.8 Å². The molecule has 2 aromatic heterocycles. The Kier molecular flexibility index (Phi) is 5.48. The van der Waals surface area contributed by atoms with E-state index >= 15 is 0 Å². The van der Waals surface area contributed by atoms with Crippen molar-refractivity contribution in [2.45, 2.75) is 39.3 Å². The summed E-state index contributed by atoms with van der Waals surface area (Å²) in [7, 11) is 0. The highest BCUT2D eigenvalue weighted by Crippen LogP contribution is 2.29. The molecule has 1 N–H and O–H groups in total. The quantitative estimate of drug-likeness (QED) is 0.799. The second kappa shape index (κ2) is 7.96. The van der Waals surface area contributed by atoms with E-state index in [9.17, 15) is 4.79 Å². The molecule has 1 aliphatic carbocycles. The molecule has 0 bridgehead atoms. The first-order valence-corrected chi connectivity index (χ1v) is 8.59. The highest BCUT2D eigenvalue weighted by molar-refractivity contribution is 5.93. The van der Waals surface area contributed by atoms with E-state index in [2.05, 4.69) is 15.3 Å². The molecule has 0 spiro atoms. The fourth-order valence-corrected chi connectivity index (χ4v) is 2.20. The third kappa shape index (κ3) is 5.45. The van der Waals surface area contributed by atoms with Crippen molar-refractivity contribution in [1.29, 1.82) is 0 Å². The Hall–Kier alpha value is -2.63. The Morgan fingerprint density at radius 3 is 2.52 bits per heavy atom. The van der Waals surface area contributed by atoms with Crippen LogP contribution in [0.5, 0.6) is 11.8 Å². The molecular weight excluding hydrogens is 318 g/mol. The van der Waals surface area contributed by atoms with Gasteiger partial charge >= 0.3 is 0 Å². The third-order valence-electron chi connectivity index (χ3n) is 3.77. The van der Waals surface area contributed by atoms with E-state index < -0.39 is 0 Å². The van der Waals surface area contributed by atoms with Gasteiger partial charge in [-0.1, -0.05) is 6.07 Å². The summed E-state index contributed by atoms with van der Waals surface area (Å²) in [5, 5.41) is 2.85. The van der Waals surface area contributed by atoms with Crippen molar-refractivity contribution in [1.82, 2.24) is 15.3 Å². The van der Waals surface area contributed by atoms with Crippen LogP contribution >= 0.6 is 0 Å². The van der Waals surface area contributed by atoms with Gasteiger partial charge in [0.15, 0.2) is 0 Å². The molecule has 3 rings (SSSR count). The summed E-state index contributed by atoms with van der Waals surface area (Å²) in [6, 6.07) is 7.15. The van der Waals surface area contributed by atoms with Gasteiger partial charge in [0.2, 0.25) is 11.8 Å². The molecule has 0 aromatic carbocycles. The lowest BCUT2D eigenvalue weighted by Crippen LogP contribution is -2.23. The van der Waals surface area contributed by atoms with Gasteiger partial charge in [-0.2, -0.15) is 0 Å². The fourth-order valence-electron chi connectivity index (χ4n) is 2.20. The Balaban J connectivity index is 1.47. The number of carbonyl (C=O) groups excluding carboxylic acids is 1. The lowest BCUT2D eigenvalue weighted by atomic mass is 10.2. The maximum Gasteiger partial charge on any atom is 0.253 e. The van der Waals surface area contributed by atoms with Crippen LogP contribution in [0.4, 0.5) is 0 Å². The van der Waals surface area contributed by atoms with E-state index in [1.165, 1.54) is 19.0 Å². The van der Waals surface area contributed by atoms with E-state index in [-0.39, 0.29) is 12.0 Å².